The lowest BCUT2D eigenvalue weighted by molar-refractivity contribution is -0.140. The number of nitrogens with one attached hydrogen (secondary N) is 1. The minimum atomic E-state index is -4.92. The van der Waals surface area contributed by atoms with Crippen molar-refractivity contribution < 1.29 is 31.1 Å². The summed E-state index contributed by atoms with van der Waals surface area (Å²) in [5.74, 6) is -5.33. The Bertz CT molecular complexity index is 1630. The summed E-state index contributed by atoms with van der Waals surface area (Å²) in [6, 6.07) is 3.92. The number of aromatic nitrogens is 6. The summed E-state index contributed by atoms with van der Waals surface area (Å²) in [5.41, 5.74) is -2.22. The van der Waals surface area contributed by atoms with E-state index in [1.165, 1.54) is 31.6 Å². The van der Waals surface area contributed by atoms with E-state index < -0.39 is 59.0 Å². The van der Waals surface area contributed by atoms with E-state index in [1.54, 1.807) is 0 Å². The zero-order valence-electron chi connectivity index (χ0n) is 19.8. The molecule has 1 fully saturated rings. The van der Waals surface area contributed by atoms with Gasteiger partial charge >= 0.3 is 6.18 Å². The SMILES string of the molecule is C[C@@H](NC(=O)c1ccc(=O)n(-c2cncc(-c3cnnn3[C@@H]3CC3(F)F)c2)n1)c1cccc(C(F)(F)F)c1F. The zero-order valence-corrected chi connectivity index (χ0v) is 19.8. The van der Waals surface area contributed by atoms with Crippen molar-refractivity contribution in [2.45, 2.75) is 37.5 Å². The fraction of sp³-hybridized carbons (Fsp3) is 0.250. The third-order valence-electron chi connectivity index (χ3n) is 6.11. The van der Waals surface area contributed by atoms with Gasteiger partial charge in [-0.1, -0.05) is 17.3 Å². The van der Waals surface area contributed by atoms with E-state index in [9.17, 15) is 35.9 Å². The number of rotatable bonds is 6. The molecule has 3 heterocycles. The number of benzene rings is 1. The number of hydrogen-bond acceptors (Lipinski definition) is 6. The van der Waals surface area contributed by atoms with E-state index in [2.05, 4.69) is 25.7 Å². The molecule has 5 rings (SSSR count). The van der Waals surface area contributed by atoms with Crippen LogP contribution in [0, 0.1) is 5.82 Å². The van der Waals surface area contributed by atoms with Gasteiger partial charge in [0.15, 0.2) is 0 Å². The topological polar surface area (TPSA) is 108 Å². The average molecular weight is 549 g/mol. The maximum Gasteiger partial charge on any atom is 0.419 e. The molecule has 1 saturated carbocycles. The Kier molecular flexibility index (Phi) is 6.23. The third-order valence-corrected chi connectivity index (χ3v) is 6.11. The van der Waals surface area contributed by atoms with E-state index in [0.717, 1.165) is 33.6 Å². The van der Waals surface area contributed by atoms with Crippen LogP contribution in [-0.2, 0) is 6.18 Å². The molecular weight excluding hydrogens is 532 g/mol. The molecular formula is C24H17F6N7O2. The Hall–Kier alpha value is -4.56. The second-order valence-electron chi connectivity index (χ2n) is 8.85. The molecule has 0 aliphatic heterocycles. The molecule has 3 aromatic heterocycles. The predicted molar refractivity (Wildman–Crippen MR) is 123 cm³/mol. The predicted octanol–water partition coefficient (Wildman–Crippen LogP) is 4.12. The van der Waals surface area contributed by atoms with Crippen LogP contribution in [0.5, 0.6) is 0 Å². The van der Waals surface area contributed by atoms with Crippen LogP contribution >= 0.6 is 0 Å². The van der Waals surface area contributed by atoms with Crippen LogP contribution in [0.1, 0.15) is 47.0 Å². The van der Waals surface area contributed by atoms with Crippen LogP contribution in [0.25, 0.3) is 16.9 Å². The fourth-order valence-corrected chi connectivity index (χ4v) is 4.00. The van der Waals surface area contributed by atoms with Gasteiger partial charge in [0.1, 0.15) is 17.6 Å². The maximum atomic E-state index is 14.5. The van der Waals surface area contributed by atoms with Gasteiger partial charge in [0.25, 0.3) is 17.4 Å². The Morgan fingerprint density at radius 1 is 1.15 bits per heavy atom. The lowest BCUT2D eigenvalue weighted by Crippen LogP contribution is -2.31. The summed E-state index contributed by atoms with van der Waals surface area (Å²) >= 11 is 0. The summed E-state index contributed by atoms with van der Waals surface area (Å²) in [6.45, 7) is 1.29. The van der Waals surface area contributed by atoms with Gasteiger partial charge in [0.05, 0.1) is 35.4 Å². The Morgan fingerprint density at radius 3 is 2.59 bits per heavy atom. The van der Waals surface area contributed by atoms with Crippen LogP contribution in [-0.4, -0.2) is 41.6 Å². The molecule has 9 nitrogen and oxygen atoms in total. The molecule has 2 atom stereocenters. The van der Waals surface area contributed by atoms with E-state index in [-0.39, 0.29) is 17.1 Å². The molecule has 0 spiro atoms. The first kappa shape index (κ1) is 26.1. The molecule has 4 aromatic rings. The van der Waals surface area contributed by atoms with Gasteiger partial charge in [0, 0.05) is 29.8 Å². The number of carbonyl (C=O) groups is 1. The summed E-state index contributed by atoms with van der Waals surface area (Å²) in [7, 11) is 0. The van der Waals surface area contributed by atoms with Crippen molar-refractivity contribution in [2.24, 2.45) is 0 Å². The molecule has 15 heteroatoms. The minimum Gasteiger partial charge on any atom is -0.344 e. The van der Waals surface area contributed by atoms with E-state index in [0.29, 0.717) is 11.6 Å². The second-order valence-corrected chi connectivity index (χ2v) is 8.85. The van der Waals surface area contributed by atoms with E-state index in [1.807, 2.05) is 0 Å². The minimum absolute atomic E-state index is 0.0828. The van der Waals surface area contributed by atoms with Gasteiger partial charge in [-0.2, -0.15) is 23.0 Å². The van der Waals surface area contributed by atoms with Gasteiger partial charge in [0.2, 0.25) is 0 Å². The van der Waals surface area contributed by atoms with E-state index in [4.69, 9.17) is 0 Å². The highest BCUT2D eigenvalue weighted by molar-refractivity contribution is 5.92. The standard InChI is InChI=1S/C24H17F6N7O2/c1-12(15-3-2-4-16(21(15)25)24(28,29)30)33-22(39)17-5-6-20(38)36(34-17)14-7-13(9-31-10-14)18-11-32-35-37(18)19-8-23(19,26)27/h2-7,9-12,19H,8H2,1H3,(H,33,39)/t12-,19-/m1/s1. The largest absolute Gasteiger partial charge is 0.419 e. The second kappa shape index (κ2) is 9.32. The van der Waals surface area contributed by atoms with Crippen LogP contribution in [0.15, 0.2) is 59.8 Å². The third kappa shape index (κ3) is 4.98. The molecule has 0 unspecified atom stereocenters. The first-order chi connectivity index (χ1) is 18.4. The highest BCUT2D eigenvalue weighted by Crippen LogP contribution is 2.53. The number of halogens is 6. The summed E-state index contributed by atoms with van der Waals surface area (Å²) in [6.07, 6.45) is -1.44. The first-order valence-corrected chi connectivity index (χ1v) is 11.4. The zero-order chi connectivity index (χ0) is 28.1. The number of carbonyl (C=O) groups excluding carboxylic acids is 1. The monoisotopic (exact) mass is 549 g/mol. The summed E-state index contributed by atoms with van der Waals surface area (Å²) in [4.78, 5) is 29.4. The molecule has 202 valence electrons. The smallest absolute Gasteiger partial charge is 0.344 e. The van der Waals surface area contributed by atoms with Crippen molar-refractivity contribution in [3.63, 3.8) is 0 Å². The normalized spacial score (nSPS) is 17.1. The lowest BCUT2D eigenvalue weighted by Gasteiger charge is -2.17. The van der Waals surface area contributed by atoms with Crippen molar-refractivity contribution in [3.8, 4) is 16.9 Å². The van der Waals surface area contributed by atoms with Crippen LogP contribution in [0.2, 0.25) is 0 Å². The summed E-state index contributed by atoms with van der Waals surface area (Å²) < 4.78 is 82.8. The van der Waals surface area contributed by atoms with Gasteiger partial charge < -0.3 is 5.32 Å². The van der Waals surface area contributed by atoms with Crippen molar-refractivity contribution in [1.82, 2.24) is 35.1 Å². The highest BCUT2D eigenvalue weighted by atomic mass is 19.4. The Morgan fingerprint density at radius 2 is 1.90 bits per heavy atom. The molecule has 0 bridgehead atoms. The molecule has 1 aromatic carbocycles. The van der Waals surface area contributed by atoms with Crippen molar-refractivity contribution >= 4 is 5.91 Å². The van der Waals surface area contributed by atoms with Gasteiger partial charge in [-0.25, -0.2) is 17.9 Å². The fourth-order valence-electron chi connectivity index (χ4n) is 4.00. The van der Waals surface area contributed by atoms with Crippen LogP contribution in [0.3, 0.4) is 0 Å². The van der Waals surface area contributed by atoms with Gasteiger partial charge in [-0.15, -0.1) is 5.10 Å². The molecule has 1 aliphatic carbocycles. The van der Waals surface area contributed by atoms with Gasteiger partial charge in [-0.05, 0) is 25.1 Å². The van der Waals surface area contributed by atoms with E-state index >= 15 is 0 Å². The Balaban J connectivity index is 1.41. The number of hydrogen-bond donors (Lipinski definition) is 1. The molecule has 1 N–H and O–H groups in total. The molecule has 0 radical (unpaired) electrons. The quantitative estimate of drug-likeness (QED) is 0.363. The lowest BCUT2D eigenvalue weighted by atomic mass is 10.0. The average Bonchev–Trinajstić information content (AvgIpc) is 3.27. The van der Waals surface area contributed by atoms with Crippen LogP contribution in [0.4, 0.5) is 26.3 Å². The number of pyridine rings is 1. The molecule has 0 saturated heterocycles. The highest BCUT2D eigenvalue weighted by Gasteiger charge is 2.59. The number of nitrogens with zero attached hydrogens (tertiary/aromatic N) is 6. The van der Waals surface area contributed by atoms with Crippen molar-refractivity contribution in [1.29, 1.82) is 0 Å². The first-order valence-electron chi connectivity index (χ1n) is 11.4. The maximum absolute atomic E-state index is 14.5. The molecule has 39 heavy (non-hydrogen) atoms. The summed E-state index contributed by atoms with van der Waals surface area (Å²) in [5, 5.41) is 13.8. The van der Waals surface area contributed by atoms with Crippen molar-refractivity contribution in [3.05, 3.63) is 88.0 Å². The molecule has 1 aliphatic rings. The molecule has 1 amide bonds. The number of alkyl halides is 5. The van der Waals surface area contributed by atoms with Crippen LogP contribution < -0.4 is 10.9 Å². The Labute approximate surface area is 215 Å². The van der Waals surface area contributed by atoms with Crippen molar-refractivity contribution in [2.75, 3.05) is 0 Å². The number of amides is 1. The van der Waals surface area contributed by atoms with Gasteiger partial charge in [-0.3, -0.25) is 14.6 Å².